The summed E-state index contributed by atoms with van der Waals surface area (Å²) in [5, 5.41) is 2.40. The summed E-state index contributed by atoms with van der Waals surface area (Å²) in [6.07, 6.45) is -0.564. The number of ether oxygens (including phenoxy) is 2. The van der Waals surface area contributed by atoms with Gasteiger partial charge in [-0.3, -0.25) is 5.32 Å². The molecule has 4 nitrogen and oxygen atoms in total. The topological polar surface area (TPSA) is 47.6 Å². The van der Waals surface area contributed by atoms with Gasteiger partial charge in [0.15, 0.2) is 0 Å². The van der Waals surface area contributed by atoms with Crippen LogP contribution < -0.4 is 10.1 Å². The highest BCUT2D eigenvalue weighted by molar-refractivity contribution is 5.87. The fourth-order valence-electron chi connectivity index (χ4n) is 2.56. The van der Waals surface area contributed by atoms with E-state index < -0.39 is 12.7 Å². The molecule has 0 fully saturated rings. The van der Waals surface area contributed by atoms with E-state index in [1.165, 1.54) is 0 Å². The number of benzene rings is 2. The molecule has 25 heavy (non-hydrogen) atoms. The maximum absolute atomic E-state index is 12.2. The zero-order valence-corrected chi connectivity index (χ0v) is 14.4. The highest BCUT2D eigenvalue weighted by Crippen LogP contribution is 2.26. The summed E-state index contributed by atoms with van der Waals surface area (Å²) in [6.45, 7) is 2.89. The van der Waals surface area contributed by atoms with Crippen LogP contribution in [0.2, 0.25) is 0 Å². The van der Waals surface area contributed by atoms with Crippen LogP contribution in [0.3, 0.4) is 0 Å². The first-order valence-corrected chi connectivity index (χ1v) is 7.97. The number of rotatable bonds is 6. The van der Waals surface area contributed by atoms with Crippen LogP contribution in [0.15, 0.2) is 36.4 Å². The Morgan fingerprint density at radius 3 is 2.52 bits per heavy atom. The lowest BCUT2D eigenvalue weighted by Gasteiger charge is -2.16. The number of carbonyl (C=O) groups is 1. The van der Waals surface area contributed by atoms with Gasteiger partial charge in [0, 0.05) is 5.56 Å². The molecule has 0 radical (unpaired) electrons. The number of halogens is 2. The highest BCUT2D eigenvalue weighted by atomic mass is 19.3. The van der Waals surface area contributed by atoms with Crippen molar-refractivity contribution >= 4 is 11.8 Å². The van der Waals surface area contributed by atoms with Crippen LogP contribution in [-0.2, 0) is 17.8 Å². The minimum atomic E-state index is -3.16. The first-order valence-electron chi connectivity index (χ1n) is 7.97. The summed E-state index contributed by atoms with van der Waals surface area (Å²) in [4.78, 5) is 11.6. The minimum Gasteiger partial charge on any atom is -0.489 e. The Hall–Kier alpha value is -2.63. The van der Waals surface area contributed by atoms with Gasteiger partial charge in [-0.2, -0.15) is 8.78 Å². The van der Waals surface area contributed by atoms with E-state index >= 15 is 0 Å². The molecule has 1 N–H and O–H groups in total. The number of hydrogen-bond donors (Lipinski definition) is 1. The molecule has 2 aromatic carbocycles. The molecule has 0 aliphatic heterocycles. The van der Waals surface area contributed by atoms with Gasteiger partial charge < -0.3 is 9.47 Å². The van der Waals surface area contributed by atoms with Gasteiger partial charge in [0.05, 0.1) is 5.69 Å². The van der Waals surface area contributed by atoms with Crippen molar-refractivity contribution in [3.05, 3.63) is 58.7 Å². The fourth-order valence-corrected chi connectivity index (χ4v) is 2.56. The monoisotopic (exact) mass is 349 g/mol. The average molecular weight is 349 g/mol. The number of anilines is 1. The van der Waals surface area contributed by atoms with Gasteiger partial charge in [0.1, 0.15) is 12.4 Å². The van der Waals surface area contributed by atoms with Crippen molar-refractivity contribution in [2.45, 2.75) is 40.4 Å². The summed E-state index contributed by atoms with van der Waals surface area (Å²) in [6, 6.07) is 11.3. The van der Waals surface area contributed by atoms with Crippen LogP contribution in [0.1, 0.15) is 29.2 Å². The third-order valence-corrected chi connectivity index (χ3v) is 3.75. The van der Waals surface area contributed by atoms with Gasteiger partial charge in [-0.05, 0) is 37.5 Å². The Bertz CT molecular complexity index is 747. The molecule has 0 aromatic heterocycles. The summed E-state index contributed by atoms with van der Waals surface area (Å²) < 4.78 is 34.1. The van der Waals surface area contributed by atoms with Gasteiger partial charge in [-0.25, -0.2) is 4.79 Å². The molecule has 2 aromatic rings. The Morgan fingerprint density at radius 2 is 1.88 bits per heavy atom. The number of carbonyl (C=O) groups excluding carboxylic acids is 1. The Labute approximate surface area is 145 Å². The molecule has 0 saturated carbocycles. The molecular formula is C19H21F2NO3. The first-order chi connectivity index (χ1) is 11.9. The van der Waals surface area contributed by atoms with E-state index in [4.69, 9.17) is 4.74 Å². The summed E-state index contributed by atoms with van der Waals surface area (Å²) in [5.74, 6) is 0.730. The molecule has 0 heterocycles. The van der Waals surface area contributed by atoms with Crippen LogP contribution in [-0.4, -0.2) is 12.7 Å². The molecule has 0 spiro atoms. The average Bonchev–Trinajstić information content (AvgIpc) is 2.54. The Balaban J connectivity index is 2.20. The normalized spacial score (nSPS) is 10.6. The Kier molecular flexibility index (Phi) is 6.33. The van der Waals surface area contributed by atoms with Crippen LogP contribution >= 0.6 is 0 Å². The second-order valence-corrected chi connectivity index (χ2v) is 5.65. The number of nitrogens with one attached hydrogen (secondary N) is 1. The SMILES string of the molecule is CCc1cccc(COc2ccc(C)cc2C)c1NC(=O)OC(F)F. The van der Waals surface area contributed by atoms with E-state index in [1.54, 1.807) is 6.07 Å². The summed E-state index contributed by atoms with van der Waals surface area (Å²) in [5.41, 5.74) is 4.08. The van der Waals surface area contributed by atoms with Crippen LogP contribution in [0.25, 0.3) is 0 Å². The smallest absolute Gasteiger partial charge is 0.416 e. The third-order valence-electron chi connectivity index (χ3n) is 3.75. The van der Waals surface area contributed by atoms with E-state index in [-0.39, 0.29) is 6.61 Å². The molecule has 134 valence electrons. The van der Waals surface area contributed by atoms with Gasteiger partial charge in [0.25, 0.3) is 0 Å². The molecular weight excluding hydrogens is 328 g/mol. The van der Waals surface area contributed by atoms with Crippen molar-refractivity contribution < 1.29 is 23.0 Å². The number of amides is 1. The van der Waals surface area contributed by atoms with Crippen molar-refractivity contribution in [3.8, 4) is 5.75 Å². The molecule has 2 rings (SSSR count). The summed E-state index contributed by atoms with van der Waals surface area (Å²) >= 11 is 0. The molecule has 0 aliphatic carbocycles. The van der Waals surface area contributed by atoms with Crippen LogP contribution in [0.4, 0.5) is 19.3 Å². The first kappa shape index (κ1) is 18.7. The molecule has 0 bridgehead atoms. The number of para-hydroxylation sites is 1. The number of alkyl halides is 2. The van der Waals surface area contributed by atoms with Gasteiger partial charge >= 0.3 is 12.7 Å². The second kappa shape index (κ2) is 8.46. The van der Waals surface area contributed by atoms with Crippen molar-refractivity contribution in [2.75, 3.05) is 5.32 Å². The van der Waals surface area contributed by atoms with Crippen molar-refractivity contribution in [1.29, 1.82) is 0 Å². The molecule has 1 amide bonds. The molecule has 0 saturated heterocycles. The maximum Gasteiger partial charge on any atom is 0.416 e. The zero-order valence-electron chi connectivity index (χ0n) is 14.4. The molecule has 6 heteroatoms. The van der Waals surface area contributed by atoms with Crippen LogP contribution in [0, 0.1) is 13.8 Å². The van der Waals surface area contributed by atoms with Gasteiger partial charge in [-0.1, -0.05) is 42.8 Å². The zero-order chi connectivity index (χ0) is 18.4. The lowest BCUT2D eigenvalue weighted by Crippen LogP contribution is -2.19. The lowest BCUT2D eigenvalue weighted by atomic mass is 10.1. The fraction of sp³-hybridized carbons (Fsp3) is 0.316. The van der Waals surface area contributed by atoms with E-state index in [0.29, 0.717) is 17.7 Å². The van der Waals surface area contributed by atoms with E-state index in [9.17, 15) is 13.6 Å². The molecule has 0 atom stereocenters. The van der Waals surface area contributed by atoms with E-state index in [0.717, 1.165) is 22.4 Å². The van der Waals surface area contributed by atoms with E-state index in [1.807, 2.05) is 51.1 Å². The molecule has 0 unspecified atom stereocenters. The predicted molar refractivity (Wildman–Crippen MR) is 92.2 cm³/mol. The standard InChI is InChI=1S/C19H21F2NO3/c1-4-14-6-5-7-15(17(14)22-19(23)25-18(20)21)11-24-16-9-8-12(2)10-13(16)3/h5-10,18H,4,11H2,1-3H3,(H,22,23). The van der Waals surface area contributed by atoms with Crippen molar-refractivity contribution in [3.63, 3.8) is 0 Å². The number of hydrogen-bond acceptors (Lipinski definition) is 3. The lowest BCUT2D eigenvalue weighted by molar-refractivity contribution is -0.0766. The summed E-state index contributed by atoms with van der Waals surface area (Å²) in [7, 11) is 0. The quantitative estimate of drug-likeness (QED) is 0.778. The molecule has 0 aliphatic rings. The Morgan fingerprint density at radius 1 is 1.16 bits per heavy atom. The minimum absolute atomic E-state index is 0.196. The predicted octanol–water partition coefficient (Wildman–Crippen LogP) is 5.22. The second-order valence-electron chi connectivity index (χ2n) is 5.65. The van der Waals surface area contributed by atoms with Gasteiger partial charge in [-0.15, -0.1) is 0 Å². The highest BCUT2D eigenvalue weighted by Gasteiger charge is 2.15. The number of aryl methyl sites for hydroxylation is 3. The van der Waals surface area contributed by atoms with E-state index in [2.05, 4.69) is 10.1 Å². The van der Waals surface area contributed by atoms with Crippen molar-refractivity contribution in [2.24, 2.45) is 0 Å². The van der Waals surface area contributed by atoms with Gasteiger partial charge in [0.2, 0.25) is 0 Å². The maximum atomic E-state index is 12.2. The largest absolute Gasteiger partial charge is 0.489 e. The van der Waals surface area contributed by atoms with Crippen molar-refractivity contribution in [1.82, 2.24) is 0 Å². The van der Waals surface area contributed by atoms with Crippen LogP contribution in [0.5, 0.6) is 5.75 Å². The third kappa shape index (κ3) is 5.17.